The van der Waals surface area contributed by atoms with Crippen LogP contribution in [-0.4, -0.2) is 12.0 Å². The van der Waals surface area contributed by atoms with Gasteiger partial charge in [-0.3, -0.25) is 0 Å². The Kier molecular flexibility index (Phi) is 4.29. The molecule has 0 aromatic carbocycles. The van der Waals surface area contributed by atoms with Crippen molar-refractivity contribution in [3.05, 3.63) is 35.3 Å². The van der Waals surface area contributed by atoms with Crippen LogP contribution in [0.15, 0.2) is 10.5 Å². The number of nitrogens with zero attached hydrogens (tertiary/aromatic N) is 1. The number of thiophene rings is 1. The average molecular weight is 378 g/mol. The second-order valence-electron chi connectivity index (χ2n) is 4.62. The van der Waals surface area contributed by atoms with Crippen molar-refractivity contribution in [2.24, 2.45) is 0 Å². The van der Waals surface area contributed by atoms with Crippen molar-refractivity contribution in [2.45, 2.75) is 31.7 Å². The molecule has 2 nitrogen and oxygen atoms in total. The molecule has 1 aliphatic carbocycles. The molecule has 2 aromatic rings. The van der Waals surface area contributed by atoms with Gasteiger partial charge in [0.25, 0.3) is 0 Å². The van der Waals surface area contributed by atoms with E-state index in [4.69, 9.17) is 16.6 Å². The maximum atomic E-state index is 6.15. The molecule has 0 saturated heterocycles. The number of rotatable bonds is 3. The van der Waals surface area contributed by atoms with Crippen LogP contribution in [0.2, 0.25) is 4.34 Å². The van der Waals surface area contributed by atoms with E-state index in [1.54, 1.807) is 11.3 Å². The zero-order valence-corrected chi connectivity index (χ0v) is 14.5. The maximum absolute atomic E-state index is 6.15. The molecule has 0 radical (unpaired) electrons. The number of hydrogen-bond acceptors (Lipinski definition) is 4. The third-order valence-corrected chi connectivity index (χ3v) is 7.11. The van der Waals surface area contributed by atoms with E-state index in [-0.39, 0.29) is 6.04 Å². The average Bonchev–Trinajstić information content (AvgIpc) is 2.95. The summed E-state index contributed by atoms with van der Waals surface area (Å²) in [5, 5.41) is 4.53. The first-order valence-corrected chi connectivity index (χ1v) is 9.10. The van der Waals surface area contributed by atoms with Crippen LogP contribution in [0.1, 0.15) is 39.3 Å². The van der Waals surface area contributed by atoms with Crippen LogP contribution in [0, 0.1) is 0 Å². The molecule has 3 rings (SSSR count). The van der Waals surface area contributed by atoms with Gasteiger partial charge in [-0.1, -0.05) is 11.6 Å². The summed E-state index contributed by atoms with van der Waals surface area (Å²) in [4.78, 5) is 7.53. The fourth-order valence-electron chi connectivity index (χ4n) is 2.39. The Labute approximate surface area is 134 Å². The summed E-state index contributed by atoms with van der Waals surface area (Å²) in [6.45, 7) is 0. The second kappa shape index (κ2) is 5.82. The number of nitrogens with one attached hydrogen (secondary N) is 1. The molecule has 19 heavy (non-hydrogen) atoms. The van der Waals surface area contributed by atoms with E-state index in [0.29, 0.717) is 0 Å². The molecule has 2 aromatic heterocycles. The summed E-state index contributed by atoms with van der Waals surface area (Å²) in [5.74, 6) is 0. The number of aryl methyl sites for hydroxylation is 2. The molecule has 0 bridgehead atoms. The molecule has 6 heteroatoms. The highest BCUT2D eigenvalue weighted by Crippen LogP contribution is 2.39. The highest BCUT2D eigenvalue weighted by atomic mass is 79.9. The monoisotopic (exact) mass is 376 g/mol. The molecular weight excluding hydrogens is 364 g/mol. The van der Waals surface area contributed by atoms with E-state index < -0.39 is 0 Å². The number of hydrogen-bond donors (Lipinski definition) is 1. The van der Waals surface area contributed by atoms with Crippen molar-refractivity contribution in [3.63, 3.8) is 0 Å². The number of halogens is 2. The highest BCUT2D eigenvalue weighted by Gasteiger charge is 2.23. The Morgan fingerprint density at radius 3 is 2.79 bits per heavy atom. The predicted octanol–water partition coefficient (Wildman–Crippen LogP) is 4.81. The number of fused-ring (bicyclic) bond motifs is 1. The van der Waals surface area contributed by atoms with E-state index in [9.17, 15) is 0 Å². The van der Waals surface area contributed by atoms with Gasteiger partial charge in [0.15, 0.2) is 0 Å². The van der Waals surface area contributed by atoms with Crippen LogP contribution in [0.25, 0.3) is 0 Å². The van der Waals surface area contributed by atoms with Crippen molar-refractivity contribution < 1.29 is 0 Å². The smallest absolute Gasteiger partial charge is 0.115 e. The third-order valence-electron chi connectivity index (χ3n) is 3.35. The topological polar surface area (TPSA) is 24.9 Å². The Morgan fingerprint density at radius 1 is 1.37 bits per heavy atom. The first-order chi connectivity index (χ1) is 9.19. The summed E-state index contributed by atoms with van der Waals surface area (Å²) in [5.41, 5.74) is 1.31. The van der Waals surface area contributed by atoms with Crippen molar-refractivity contribution >= 4 is 50.2 Å². The van der Waals surface area contributed by atoms with E-state index in [1.165, 1.54) is 39.7 Å². The summed E-state index contributed by atoms with van der Waals surface area (Å²) < 4.78 is 1.77. The maximum Gasteiger partial charge on any atom is 0.115 e. The fourth-order valence-corrected chi connectivity index (χ4v) is 5.60. The SMILES string of the molecule is CNC(c1cc(Br)c(Cl)s1)c1nc2c(s1)CCCC2. The summed E-state index contributed by atoms with van der Waals surface area (Å²) >= 11 is 13.1. The van der Waals surface area contributed by atoms with Gasteiger partial charge >= 0.3 is 0 Å². The van der Waals surface area contributed by atoms with Gasteiger partial charge in [0.05, 0.1) is 11.7 Å². The van der Waals surface area contributed by atoms with E-state index in [0.717, 1.165) is 15.2 Å². The van der Waals surface area contributed by atoms with Gasteiger partial charge in [-0.2, -0.15) is 0 Å². The minimum absolute atomic E-state index is 0.157. The van der Waals surface area contributed by atoms with Crippen molar-refractivity contribution in [3.8, 4) is 0 Å². The first-order valence-electron chi connectivity index (χ1n) is 6.29. The van der Waals surface area contributed by atoms with Gasteiger partial charge < -0.3 is 5.32 Å². The summed E-state index contributed by atoms with van der Waals surface area (Å²) in [6, 6.07) is 2.25. The lowest BCUT2D eigenvalue weighted by Gasteiger charge is -2.10. The molecule has 0 amide bonds. The minimum atomic E-state index is 0.157. The molecule has 0 aliphatic heterocycles. The number of aromatic nitrogens is 1. The van der Waals surface area contributed by atoms with Crippen LogP contribution in [0.5, 0.6) is 0 Å². The Morgan fingerprint density at radius 2 is 2.16 bits per heavy atom. The normalized spacial score (nSPS) is 16.4. The molecule has 1 atom stereocenters. The highest BCUT2D eigenvalue weighted by molar-refractivity contribution is 9.10. The molecular formula is C13H14BrClN2S2. The van der Waals surface area contributed by atoms with Gasteiger partial charge in [-0.25, -0.2) is 4.98 Å². The van der Waals surface area contributed by atoms with Crippen LogP contribution in [0.3, 0.4) is 0 Å². The van der Waals surface area contributed by atoms with Gasteiger partial charge in [-0.15, -0.1) is 22.7 Å². The fraction of sp³-hybridized carbons (Fsp3) is 0.462. The molecule has 1 N–H and O–H groups in total. The molecule has 2 heterocycles. The second-order valence-corrected chi connectivity index (χ2v) is 8.28. The molecule has 0 fully saturated rings. The molecule has 1 unspecified atom stereocenters. The number of thiazole rings is 1. The van der Waals surface area contributed by atoms with E-state index in [1.807, 2.05) is 18.4 Å². The van der Waals surface area contributed by atoms with Crippen molar-refractivity contribution in [2.75, 3.05) is 7.05 Å². The Hall–Kier alpha value is 0.0600. The third kappa shape index (κ3) is 2.76. The van der Waals surface area contributed by atoms with Crippen molar-refractivity contribution in [1.29, 1.82) is 0 Å². The van der Waals surface area contributed by atoms with Crippen LogP contribution < -0.4 is 5.32 Å². The molecule has 0 spiro atoms. The lowest BCUT2D eigenvalue weighted by atomic mass is 10.0. The van der Waals surface area contributed by atoms with Crippen LogP contribution in [-0.2, 0) is 12.8 Å². The lowest BCUT2D eigenvalue weighted by Crippen LogP contribution is -2.16. The van der Waals surface area contributed by atoms with Crippen LogP contribution >= 0.6 is 50.2 Å². The van der Waals surface area contributed by atoms with E-state index in [2.05, 4.69) is 27.3 Å². The quantitative estimate of drug-likeness (QED) is 0.830. The minimum Gasteiger partial charge on any atom is -0.307 e. The predicted molar refractivity (Wildman–Crippen MR) is 86.7 cm³/mol. The summed E-state index contributed by atoms with van der Waals surface area (Å²) in [7, 11) is 1.98. The van der Waals surface area contributed by atoms with Gasteiger partial charge in [0.2, 0.25) is 0 Å². The standard InChI is InChI=1S/C13H14BrClN2S2/c1-16-11(10-6-7(14)12(15)18-10)13-17-8-4-2-3-5-9(8)19-13/h6,11,16H,2-5H2,1H3. The summed E-state index contributed by atoms with van der Waals surface area (Å²) in [6.07, 6.45) is 4.90. The first kappa shape index (κ1) is 14.0. The Balaban J connectivity index is 1.95. The van der Waals surface area contributed by atoms with Gasteiger partial charge in [0, 0.05) is 14.2 Å². The zero-order chi connectivity index (χ0) is 13.4. The lowest BCUT2D eigenvalue weighted by molar-refractivity contribution is 0.665. The van der Waals surface area contributed by atoms with Crippen LogP contribution in [0.4, 0.5) is 0 Å². The Bertz CT molecular complexity index is 550. The van der Waals surface area contributed by atoms with Gasteiger partial charge in [0.1, 0.15) is 9.34 Å². The van der Waals surface area contributed by atoms with Gasteiger partial charge in [-0.05, 0) is 54.7 Å². The largest absolute Gasteiger partial charge is 0.307 e. The molecule has 1 aliphatic rings. The molecule has 0 saturated carbocycles. The molecule has 102 valence electrons. The van der Waals surface area contributed by atoms with E-state index >= 15 is 0 Å². The van der Waals surface area contributed by atoms with Crippen molar-refractivity contribution in [1.82, 2.24) is 10.3 Å². The zero-order valence-electron chi connectivity index (χ0n) is 10.5.